The fourth-order valence-corrected chi connectivity index (χ4v) is 5.51. The van der Waals surface area contributed by atoms with Crippen molar-refractivity contribution in [3.8, 4) is 0 Å². The molecular weight excluding hydrogens is 374 g/mol. The summed E-state index contributed by atoms with van der Waals surface area (Å²) in [6, 6.07) is 9.50. The Bertz CT molecular complexity index is 796. The van der Waals surface area contributed by atoms with Crippen LogP contribution in [-0.2, 0) is 19.1 Å². The Morgan fingerprint density at radius 1 is 1.19 bits per heavy atom. The van der Waals surface area contributed by atoms with E-state index in [4.69, 9.17) is 9.47 Å². The number of anilines is 1. The van der Waals surface area contributed by atoms with E-state index >= 15 is 0 Å². The van der Waals surface area contributed by atoms with E-state index in [0.29, 0.717) is 4.91 Å². The van der Waals surface area contributed by atoms with Gasteiger partial charge in [0.05, 0.1) is 19.4 Å². The second-order valence-electron chi connectivity index (χ2n) is 5.49. The Morgan fingerprint density at radius 2 is 1.88 bits per heavy atom. The van der Waals surface area contributed by atoms with Gasteiger partial charge in [0.25, 0.3) is 0 Å². The van der Waals surface area contributed by atoms with Crippen molar-refractivity contribution in [3.05, 3.63) is 40.9 Å². The molecule has 26 heavy (non-hydrogen) atoms. The molecule has 1 atom stereocenters. The van der Waals surface area contributed by atoms with Crippen molar-refractivity contribution in [1.82, 2.24) is 4.90 Å². The van der Waals surface area contributed by atoms with E-state index in [1.165, 1.54) is 30.6 Å². The van der Waals surface area contributed by atoms with Crippen LogP contribution in [0.5, 0.6) is 0 Å². The first-order valence-electron chi connectivity index (χ1n) is 7.96. The lowest BCUT2D eigenvalue weighted by Crippen LogP contribution is -2.47. The maximum atomic E-state index is 12.3. The number of carbonyl (C=O) groups excluding carboxylic acids is 2. The number of hydrogen-bond donors (Lipinski definition) is 0. The highest BCUT2D eigenvalue weighted by atomic mass is 32.2. The molecule has 0 radical (unpaired) electrons. The SMILES string of the molecule is CCOC(=O)C1=NN(c2ccccc2)C2(S1)SC(C(=O)OC)=C(C)N2C. The number of hydrogen-bond acceptors (Lipinski definition) is 9. The largest absolute Gasteiger partial charge is 0.465 e. The van der Waals surface area contributed by atoms with Gasteiger partial charge in [-0.15, -0.1) is 0 Å². The van der Waals surface area contributed by atoms with E-state index < -0.39 is 16.3 Å². The standard InChI is InChI=1S/C17H19N3O4S2/c1-5-24-16(22)14-18-20(12-9-7-6-8-10-12)17(26-14)19(3)11(2)13(25-17)15(21)23-4/h6-10H,5H2,1-4H3. The lowest BCUT2D eigenvalue weighted by molar-refractivity contribution is -0.135. The lowest BCUT2D eigenvalue weighted by Gasteiger charge is -2.39. The molecule has 9 heteroatoms. The topological polar surface area (TPSA) is 71.4 Å². The Kier molecular flexibility index (Phi) is 5.19. The summed E-state index contributed by atoms with van der Waals surface area (Å²) >= 11 is 2.57. The quantitative estimate of drug-likeness (QED) is 0.723. The number of esters is 2. The highest BCUT2D eigenvalue weighted by Gasteiger charge is 2.56. The maximum Gasteiger partial charge on any atom is 0.365 e. The summed E-state index contributed by atoms with van der Waals surface area (Å²) in [6.07, 6.45) is 0. The number of methoxy groups -OCH3 is 1. The number of benzene rings is 1. The van der Waals surface area contributed by atoms with Crippen LogP contribution in [0.4, 0.5) is 5.69 Å². The Balaban J connectivity index is 2.03. The van der Waals surface area contributed by atoms with Crippen molar-refractivity contribution in [2.75, 3.05) is 25.8 Å². The smallest absolute Gasteiger partial charge is 0.365 e. The fourth-order valence-electron chi connectivity index (χ4n) is 2.61. The Morgan fingerprint density at radius 3 is 2.50 bits per heavy atom. The van der Waals surface area contributed by atoms with Gasteiger partial charge in [0.2, 0.25) is 9.37 Å². The molecule has 3 rings (SSSR count). The average Bonchev–Trinajstić information content (AvgIpc) is 3.16. The molecule has 0 aliphatic carbocycles. The van der Waals surface area contributed by atoms with Crippen LogP contribution >= 0.6 is 23.5 Å². The third-order valence-electron chi connectivity index (χ3n) is 4.00. The lowest BCUT2D eigenvalue weighted by atomic mass is 10.3. The summed E-state index contributed by atoms with van der Waals surface area (Å²) < 4.78 is 9.19. The van der Waals surface area contributed by atoms with Gasteiger partial charge in [-0.3, -0.25) is 0 Å². The molecule has 0 bridgehead atoms. The van der Waals surface area contributed by atoms with Crippen LogP contribution in [0.2, 0.25) is 0 Å². The zero-order valence-electron chi connectivity index (χ0n) is 14.9. The van der Waals surface area contributed by atoms with Crippen LogP contribution in [0.3, 0.4) is 0 Å². The van der Waals surface area contributed by atoms with Crippen LogP contribution < -0.4 is 5.01 Å². The average molecular weight is 393 g/mol. The van der Waals surface area contributed by atoms with Crippen molar-refractivity contribution in [2.24, 2.45) is 5.10 Å². The van der Waals surface area contributed by atoms with Gasteiger partial charge >= 0.3 is 11.9 Å². The molecule has 0 N–H and O–H groups in total. The minimum absolute atomic E-state index is 0.244. The van der Waals surface area contributed by atoms with Gasteiger partial charge in [0, 0.05) is 12.7 Å². The first kappa shape index (κ1) is 18.7. The zero-order chi connectivity index (χ0) is 18.9. The van der Waals surface area contributed by atoms with E-state index in [0.717, 1.165) is 11.4 Å². The zero-order valence-corrected chi connectivity index (χ0v) is 16.5. The fraction of sp³-hybridized carbons (Fsp3) is 0.353. The number of para-hydroxylation sites is 1. The summed E-state index contributed by atoms with van der Waals surface area (Å²) in [5.74, 6) is -0.886. The van der Waals surface area contributed by atoms with Gasteiger partial charge in [-0.1, -0.05) is 30.0 Å². The molecule has 2 heterocycles. The molecule has 0 amide bonds. The summed E-state index contributed by atoms with van der Waals surface area (Å²) in [5.41, 5.74) is 1.56. The first-order valence-corrected chi connectivity index (χ1v) is 9.60. The maximum absolute atomic E-state index is 12.3. The molecule has 1 aromatic rings. The number of thioether (sulfide) groups is 2. The van der Waals surface area contributed by atoms with Gasteiger partial charge in [-0.25, -0.2) is 14.6 Å². The van der Waals surface area contributed by atoms with E-state index in [9.17, 15) is 9.59 Å². The third kappa shape index (κ3) is 2.95. The van der Waals surface area contributed by atoms with Crippen LogP contribution in [0.25, 0.3) is 0 Å². The predicted octanol–water partition coefficient (Wildman–Crippen LogP) is 2.81. The molecule has 0 fully saturated rings. The van der Waals surface area contributed by atoms with Crippen molar-refractivity contribution in [3.63, 3.8) is 0 Å². The van der Waals surface area contributed by atoms with Crippen molar-refractivity contribution in [2.45, 2.75) is 18.2 Å². The summed E-state index contributed by atoms with van der Waals surface area (Å²) in [5, 5.41) is 6.50. The molecule has 0 aromatic heterocycles. The molecule has 1 spiro atoms. The minimum Gasteiger partial charge on any atom is -0.465 e. The molecule has 0 saturated heterocycles. The van der Waals surface area contributed by atoms with E-state index in [1.54, 1.807) is 11.9 Å². The van der Waals surface area contributed by atoms with Crippen molar-refractivity contribution >= 4 is 46.2 Å². The highest BCUT2D eigenvalue weighted by Crippen LogP contribution is 2.58. The summed E-state index contributed by atoms with van der Waals surface area (Å²) in [6.45, 7) is 3.87. The third-order valence-corrected chi connectivity index (χ3v) is 7.03. The van der Waals surface area contributed by atoms with Crippen LogP contribution in [-0.4, -0.2) is 47.0 Å². The van der Waals surface area contributed by atoms with E-state index in [1.807, 2.05) is 49.2 Å². The number of rotatable bonds is 4. The molecule has 138 valence electrons. The number of hydrazone groups is 1. The molecule has 1 unspecified atom stereocenters. The first-order chi connectivity index (χ1) is 12.4. The van der Waals surface area contributed by atoms with E-state index in [-0.39, 0.29) is 11.7 Å². The van der Waals surface area contributed by atoms with Gasteiger partial charge in [-0.05, 0) is 37.7 Å². The van der Waals surface area contributed by atoms with Gasteiger partial charge < -0.3 is 14.4 Å². The second kappa shape index (κ2) is 7.24. The van der Waals surface area contributed by atoms with Crippen molar-refractivity contribution < 1.29 is 19.1 Å². The van der Waals surface area contributed by atoms with E-state index in [2.05, 4.69) is 5.10 Å². The number of allylic oxidation sites excluding steroid dienone is 1. The second-order valence-corrected chi connectivity index (χ2v) is 8.09. The summed E-state index contributed by atoms with van der Waals surface area (Å²) in [4.78, 5) is 26.9. The number of ether oxygens (including phenoxy) is 2. The van der Waals surface area contributed by atoms with Crippen LogP contribution in [0, 0.1) is 0 Å². The number of carbonyl (C=O) groups is 2. The summed E-state index contributed by atoms with van der Waals surface area (Å²) in [7, 11) is 3.22. The minimum atomic E-state index is -0.836. The molecule has 1 aromatic carbocycles. The van der Waals surface area contributed by atoms with Crippen molar-refractivity contribution in [1.29, 1.82) is 0 Å². The number of nitrogens with zero attached hydrogens (tertiary/aromatic N) is 3. The molecule has 7 nitrogen and oxygen atoms in total. The van der Waals surface area contributed by atoms with Gasteiger partial charge in [-0.2, -0.15) is 5.10 Å². The van der Waals surface area contributed by atoms with Crippen LogP contribution in [0.15, 0.2) is 46.0 Å². The normalized spacial score (nSPS) is 22.1. The monoisotopic (exact) mass is 393 g/mol. The van der Waals surface area contributed by atoms with Gasteiger partial charge in [0.15, 0.2) is 0 Å². The Hall–Kier alpha value is -2.13. The van der Waals surface area contributed by atoms with Crippen LogP contribution in [0.1, 0.15) is 13.8 Å². The molecule has 2 aliphatic rings. The van der Waals surface area contributed by atoms with Gasteiger partial charge in [0.1, 0.15) is 4.91 Å². The predicted molar refractivity (Wildman–Crippen MR) is 103 cm³/mol. The highest BCUT2D eigenvalue weighted by molar-refractivity contribution is 8.28. The molecule has 2 aliphatic heterocycles. The molecular formula is C17H19N3O4S2. The Labute approximate surface area is 160 Å². The molecule has 0 saturated carbocycles.